The van der Waals surface area contributed by atoms with Crippen molar-refractivity contribution in [3.8, 4) is 0 Å². The maximum absolute atomic E-state index is 12.7. The van der Waals surface area contributed by atoms with Crippen LogP contribution in [0.15, 0.2) is 6.07 Å². The fourth-order valence-electron chi connectivity index (χ4n) is 3.84. The summed E-state index contributed by atoms with van der Waals surface area (Å²) in [5.41, 5.74) is 4.70. The van der Waals surface area contributed by atoms with Crippen molar-refractivity contribution in [1.82, 2.24) is 19.5 Å². The van der Waals surface area contributed by atoms with E-state index in [-0.39, 0.29) is 17.6 Å². The third kappa shape index (κ3) is 3.68. The number of amides is 1. The number of morpholine rings is 1. The van der Waals surface area contributed by atoms with Gasteiger partial charge in [0.1, 0.15) is 0 Å². The Balaban J connectivity index is 1.75. The standard InChI is InChI=1S/C19H28N4O2/c1-12-9-17-20-14(3)16(15(4)23(17)21-12)7-8-18(24)22-10-13(2)25-19(5,6)11-22/h9,13H,7-8,10-11H2,1-6H3. The predicted molar refractivity (Wildman–Crippen MR) is 96.7 cm³/mol. The normalized spacial score (nSPS) is 20.2. The SMILES string of the molecule is Cc1cc2nc(C)c(CCC(=O)N3CC(C)OC(C)(C)C3)c(C)n2n1. The summed E-state index contributed by atoms with van der Waals surface area (Å²) in [6.07, 6.45) is 1.24. The predicted octanol–water partition coefficient (Wildman–Crippen LogP) is 2.61. The van der Waals surface area contributed by atoms with Gasteiger partial charge in [0.05, 0.1) is 17.4 Å². The largest absolute Gasteiger partial charge is 0.369 e. The highest BCUT2D eigenvalue weighted by atomic mass is 16.5. The summed E-state index contributed by atoms with van der Waals surface area (Å²) in [5, 5.41) is 4.50. The molecule has 0 spiro atoms. The Hall–Kier alpha value is -1.95. The Labute approximate surface area is 149 Å². The summed E-state index contributed by atoms with van der Waals surface area (Å²) in [4.78, 5) is 19.3. The van der Waals surface area contributed by atoms with Crippen molar-refractivity contribution in [2.75, 3.05) is 13.1 Å². The van der Waals surface area contributed by atoms with E-state index in [1.165, 1.54) is 0 Å². The van der Waals surface area contributed by atoms with Crippen molar-refractivity contribution in [2.24, 2.45) is 0 Å². The minimum Gasteiger partial charge on any atom is -0.369 e. The lowest BCUT2D eigenvalue weighted by Gasteiger charge is -2.41. The zero-order chi connectivity index (χ0) is 18.4. The number of rotatable bonds is 3. The van der Waals surface area contributed by atoms with E-state index < -0.39 is 0 Å². The number of fused-ring (bicyclic) bond motifs is 1. The molecule has 3 heterocycles. The minimum atomic E-state index is -0.286. The van der Waals surface area contributed by atoms with Gasteiger partial charge in [0, 0.05) is 37.0 Å². The molecule has 1 unspecified atom stereocenters. The summed E-state index contributed by atoms with van der Waals surface area (Å²) in [6, 6.07) is 1.98. The highest BCUT2D eigenvalue weighted by Gasteiger charge is 2.33. The van der Waals surface area contributed by atoms with Gasteiger partial charge in [0.2, 0.25) is 5.91 Å². The van der Waals surface area contributed by atoms with Gasteiger partial charge in [-0.25, -0.2) is 9.50 Å². The van der Waals surface area contributed by atoms with Crippen LogP contribution in [0.1, 0.15) is 49.8 Å². The molecule has 1 saturated heterocycles. The summed E-state index contributed by atoms with van der Waals surface area (Å²) < 4.78 is 7.77. The van der Waals surface area contributed by atoms with Gasteiger partial charge in [-0.1, -0.05) is 0 Å². The molecule has 1 aliphatic rings. The van der Waals surface area contributed by atoms with Crippen molar-refractivity contribution in [2.45, 2.75) is 66.1 Å². The fraction of sp³-hybridized carbons (Fsp3) is 0.632. The molecule has 0 saturated carbocycles. The molecule has 2 aromatic rings. The Bertz CT molecular complexity index is 809. The van der Waals surface area contributed by atoms with Crippen LogP contribution in [-0.4, -0.2) is 50.2 Å². The second kappa shape index (κ2) is 6.41. The summed E-state index contributed by atoms with van der Waals surface area (Å²) in [6.45, 7) is 13.4. The average Bonchev–Trinajstić information content (AvgIpc) is 2.85. The van der Waals surface area contributed by atoms with Gasteiger partial charge in [0.25, 0.3) is 0 Å². The number of aromatic nitrogens is 3. The van der Waals surface area contributed by atoms with Crippen LogP contribution < -0.4 is 0 Å². The molecule has 0 N–H and O–H groups in total. The number of carbonyl (C=O) groups excluding carboxylic acids is 1. The molecule has 0 aromatic carbocycles. The molecule has 3 rings (SSSR count). The van der Waals surface area contributed by atoms with Crippen LogP contribution in [0.25, 0.3) is 5.65 Å². The third-order valence-corrected chi connectivity index (χ3v) is 4.80. The molecule has 1 amide bonds. The maximum Gasteiger partial charge on any atom is 0.223 e. The first-order valence-corrected chi connectivity index (χ1v) is 8.94. The maximum atomic E-state index is 12.7. The van der Waals surface area contributed by atoms with Gasteiger partial charge >= 0.3 is 0 Å². The van der Waals surface area contributed by atoms with E-state index in [0.717, 1.165) is 28.3 Å². The van der Waals surface area contributed by atoms with Crippen molar-refractivity contribution >= 4 is 11.6 Å². The lowest BCUT2D eigenvalue weighted by Crippen LogP contribution is -2.53. The fourth-order valence-corrected chi connectivity index (χ4v) is 3.84. The van der Waals surface area contributed by atoms with Crippen LogP contribution in [0.4, 0.5) is 0 Å². The van der Waals surface area contributed by atoms with Gasteiger partial charge in [-0.2, -0.15) is 5.10 Å². The molecular weight excluding hydrogens is 316 g/mol. The van der Waals surface area contributed by atoms with Crippen molar-refractivity contribution in [1.29, 1.82) is 0 Å². The summed E-state index contributed by atoms with van der Waals surface area (Å²) in [5.74, 6) is 0.179. The highest BCUT2D eigenvalue weighted by Crippen LogP contribution is 2.22. The zero-order valence-electron chi connectivity index (χ0n) is 16.1. The van der Waals surface area contributed by atoms with Crippen LogP contribution in [0.2, 0.25) is 0 Å². The monoisotopic (exact) mass is 344 g/mol. The third-order valence-electron chi connectivity index (χ3n) is 4.80. The Morgan fingerprint density at radius 2 is 2.08 bits per heavy atom. The number of hydrogen-bond acceptors (Lipinski definition) is 4. The first kappa shape index (κ1) is 17.9. The molecule has 2 aromatic heterocycles. The van der Waals surface area contributed by atoms with E-state index in [0.29, 0.717) is 25.9 Å². The van der Waals surface area contributed by atoms with E-state index in [4.69, 9.17) is 4.74 Å². The first-order chi connectivity index (χ1) is 11.7. The second-order valence-corrected chi connectivity index (χ2v) is 7.78. The Kier molecular flexibility index (Phi) is 4.58. The lowest BCUT2D eigenvalue weighted by atomic mass is 10.0. The summed E-state index contributed by atoms with van der Waals surface area (Å²) in [7, 11) is 0. The molecule has 0 radical (unpaired) electrons. The van der Waals surface area contributed by atoms with Crippen molar-refractivity contribution < 1.29 is 9.53 Å². The van der Waals surface area contributed by atoms with Gasteiger partial charge in [-0.05, 0) is 53.5 Å². The molecule has 136 valence electrons. The molecular formula is C19H28N4O2. The Morgan fingerprint density at radius 1 is 1.36 bits per heavy atom. The molecule has 1 atom stereocenters. The number of aryl methyl sites for hydroxylation is 3. The first-order valence-electron chi connectivity index (χ1n) is 8.94. The number of ether oxygens (including phenoxy) is 1. The van der Waals surface area contributed by atoms with Crippen LogP contribution in [0.5, 0.6) is 0 Å². The topological polar surface area (TPSA) is 59.7 Å². The van der Waals surface area contributed by atoms with E-state index in [1.807, 2.05) is 57.0 Å². The van der Waals surface area contributed by atoms with Gasteiger partial charge in [-0.3, -0.25) is 4.79 Å². The number of nitrogens with zero attached hydrogens (tertiary/aromatic N) is 4. The van der Waals surface area contributed by atoms with E-state index in [1.54, 1.807) is 0 Å². The van der Waals surface area contributed by atoms with Gasteiger partial charge in [0.15, 0.2) is 5.65 Å². The van der Waals surface area contributed by atoms with Crippen LogP contribution >= 0.6 is 0 Å². The highest BCUT2D eigenvalue weighted by molar-refractivity contribution is 5.76. The van der Waals surface area contributed by atoms with Crippen LogP contribution in [-0.2, 0) is 16.0 Å². The van der Waals surface area contributed by atoms with Gasteiger partial charge in [-0.15, -0.1) is 0 Å². The van der Waals surface area contributed by atoms with Crippen LogP contribution in [0.3, 0.4) is 0 Å². The molecule has 6 heteroatoms. The lowest BCUT2D eigenvalue weighted by molar-refractivity contribution is -0.158. The minimum absolute atomic E-state index is 0.0706. The van der Waals surface area contributed by atoms with E-state index >= 15 is 0 Å². The van der Waals surface area contributed by atoms with E-state index in [9.17, 15) is 4.79 Å². The second-order valence-electron chi connectivity index (χ2n) is 7.78. The van der Waals surface area contributed by atoms with Crippen molar-refractivity contribution in [3.05, 3.63) is 28.7 Å². The quantitative estimate of drug-likeness (QED) is 0.859. The summed E-state index contributed by atoms with van der Waals surface area (Å²) >= 11 is 0. The molecule has 0 bridgehead atoms. The Morgan fingerprint density at radius 3 is 2.76 bits per heavy atom. The molecule has 1 aliphatic heterocycles. The average molecular weight is 344 g/mol. The van der Waals surface area contributed by atoms with Gasteiger partial charge < -0.3 is 9.64 Å². The molecule has 1 fully saturated rings. The smallest absolute Gasteiger partial charge is 0.223 e. The van der Waals surface area contributed by atoms with Crippen molar-refractivity contribution in [3.63, 3.8) is 0 Å². The molecule has 0 aliphatic carbocycles. The molecule has 25 heavy (non-hydrogen) atoms. The van der Waals surface area contributed by atoms with E-state index in [2.05, 4.69) is 10.1 Å². The number of hydrogen-bond donors (Lipinski definition) is 0. The number of carbonyl (C=O) groups is 1. The van der Waals surface area contributed by atoms with Crippen LogP contribution in [0, 0.1) is 20.8 Å². The zero-order valence-corrected chi connectivity index (χ0v) is 16.1. The molecule has 6 nitrogen and oxygen atoms in total.